The third kappa shape index (κ3) is 3.86. The van der Waals surface area contributed by atoms with Crippen LogP contribution >= 0.6 is 15.9 Å². The van der Waals surface area contributed by atoms with Crippen molar-refractivity contribution in [1.29, 1.82) is 0 Å². The van der Waals surface area contributed by atoms with Crippen molar-refractivity contribution in [2.45, 2.75) is 46.7 Å². The molecule has 0 atom stereocenters. The Labute approximate surface area is 112 Å². The molecule has 0 aliphatic carbocycles. The second-order valence-corrected chi connectivity index (χ2v) is 4.52. The van der Waals surface area contributed by atoms with E-state index in [2.05, 4.69) is 56.7 Å². The fourth-order valence-electron chi connectivity index (χ4n) is 1.67. The molecule has 0 saturated heterocycles. The van der Waals surface area contributed by atoms with Crippen molar-refractivity contribution in [3.63, 3.8) is 0 Å². The Morgan fingerprint density at radius 3 is 2.76 bits per heavy atom. The van der Waals surface area contributed by atoms with Gasteiger partial charge in [0.1, 0.15) is 0 Å². The summed E-state index contributed by atoms with van der Waals surface area (Å²) in [6.45, 7) is 8.78. The number of aryl methyl sites for hydroxylation is 2. The highest BCUT2D eigenvalue weighted by Gasteiger charge is 2.12. The van der Waals surface area contributed by atoms with E-state index in [0.717, 1.165) is 42.6 Å². The highest BCUT2D eigenvalue weighted by Crippen LogP contribution is 2.22. The van der Waals surface area contributed by atoms with Crippen LogP contribution in [0.15, 0.2) is 4.47 Å². The maximum atomic E-state index is 4.56. The predicted octanol–water partition coefficient (Wildman–Crippen LogP) is 2.73. The summed E-state index contributed by atoms with van der Waals surface area (Å²) in [7, 11) is 0. The molecule has 4 heteroatoms. The number of rotatable bonds is 6. The van der Waals surface area contributed by atoms with Crippen LogP contribution in [0.5, 0.6) is 0 Å². The van der Waals surface area contributed by atoms with Gasteiger partial charge in [-0.1, -0.05) is 6.92 Å². The topological polar surface area (TPSA) is 29.9 Å². The smallest absolute Gasteiger partial charge is 0.0767 e. The number of aromatic nitrogens is 2. The van der Waals surface area contributed by atoms with Crippen molar-refractivity contribution in [1.82, 2.24) is 15.1 Å². The van der Waals surface area contributed by atoms with E-state index in [1.165, 1.54) is 5.69 Å². The van der Waals surface area contributed by atoms with Crippen LogP contribution in [-0.2, 0) is 19.5 Å². The van der Waals surface area contributed by atoms with Gasteiger partial charge in [0, 0.05) is 26.1 Å². The molecule has 1 rings (SSSR count). The summed E-state index contributed by atoms with van der Waals surface area (Å²) in [5.41, 5.74) is 2.37. The summed E-state index contributed by atoms with van der Waals surface area (Å²) in [4.78, 5) is 0. The third-order valence-electron chi connectivity index (χ3n) is 2.59. The summed E-state index contributed by atoms with van der Waals surface area (Å²) in [6.07, 6.45) is 1.86. The van der Waals surface area contributed by atoms with E-state index in [9.17, 15) is 0 Å². The molecule has 1 aromatic rings. The first-order valence-corrected chi connectivity index (χ1v) is 6.88. The van der Waals surface area contributed by atoms with Gasteiger partial charge in [-0.3, -0.25) is 4.68 Å². The van der Waals surface area contributed by atoms with Gasteiger partial charge < -0.3 is 5.32 Å². The van der Waals surface area contributed by atoms with E-state index >= 15 is 0 Å². The molecule has 0 spiro atoms. The Kier molecular flexibility index (Phi) is 6.31. The lowest BCUT2D eigenvalue weighted by Crippen LogP contribution is -2.17. The highest BCUT2D eigenvalue weighted by molar-refractivity contribution is 9.10. The lowest BCUT2D eigenvalue weighted by Gasteiger charge is -2.06. The number of nitrogens with zero attached hydrogens (tertiary/aromatic N) is 2. The van der Waals surface area contributed by atoms with E-state index in [1.807, 2.05) is 6.92 Å². The Morgan fingerprint density at radius 2 is 2.18 bits per heavy atom. The minimum absolute atomic E-state index is 0.840. The quantitative estimate of drug-likeness (QED) is 0.646. The lowest BCUT2D eigenvalue weighted by molar-refractivity contribution is 0.580. The molecule has 1 N–H and O–H groups in total. The van der Waals surface area contributed by atoms with E-state index in [4.69, 9.17) is 0 Å². The SMILES string of the molecule is CC#CCCNCc1c(Br)c(CC)nn1CC. The molecule has 0 fully saturated rings. The molecular formula is C13H20BrN3. The summed E-state index contributed by atoms with van der Waals surface area (Å²) < 4.78 is 3.21. The van der Waals surface area contributed by atoms with E-state index < -0.39 is 0 Å². The van der Waals surface area contributed by atoms with Crippen molar-refractivity contribution < 1.29 is 0 Å². The van der Waals surface area contributed by atoms with Gasteiger partial charge in [0.2, 0.25) is 0 Å². The average Bonchev–Trinajstić information content (AvgIpc) is 2.65. The fourth-order valence-corrected chi connectivity index (χ4v) is 2.37. The van der Waals surface area contributed by atoms with E-state index in [0.29, 0.717) is 0 Å². The van der Waals surface area contributed by atoms with Crippen molar-refractivity contribution in [2.24, 2.45) is 0 Å². The highest BCUT2D eigenvalue weighted by atomic mass is 79.9. The lowest BCUT2D eigenvalue weighted by atomic mass is 10.3. The Bertz CT molecular complexity index is 412. The molecule has 3 nitrogen and oxygen atoms in total. The molecule has 0 aromatic carbocycles. The Morgan fingerprint density at radius 1 is 1.41 bits per heavy atom. The zero-order valence-electron chi connectivity index (χ0n) is 10.8. The van der Waals surface area contributed by atoms with E-state index in [1.54, 1.807) is 0 Å². The van der Waals surface area contributed by atoms with Crippen LogP contribution in [0, 0.1) is 11.8 Å². The zero-order chi connectivity index (χ0) is 12.7. The first-order chi connectivity index (χ1) is 8.24. The molecular weight excluding hydrogens is 278 g/mol. The van der Waals surface area contributed by atoms with Crippen LogP contribution in [-0.4, -0.2) is 16.3 Å². The van der Waals surface area contributed by atoms with Gasteiger partial charge in [-0.15, -0.1) is 11.8 Å². The van der Waals surface area contributed by atoms with Crippen molar-refractivity contribution >= 4 is 15.9 Å². The molecule has 94 valence electrons. The van der Waals surface area contributed by atoms with Crippen LogP contribution in [0.1, 0.15) is 38.6 Å². The van der Waals surface area contributed by atoms with Crippen molar-refractivity contribution in [3.05, 3.63) is 15.9 Å². The standard InChI is InChI=1S/C13H20BrN3/c1-4-7-8-9-15-10-12-13(14)11(5-2)16-17(12)6-3/h15H,5-6,8-10H2,1-3H3. The van der Waals surface area contributed by atoms with Gasteiger partial charge in [0.05, 0.1) is 15.9 Å². The van der Waals surface area contributed by atoms with Gasteiger partial charge >= 0.3 is 0 Å². The van der Waals surface area contributed by atoms with Crippen molar-refractivity contribution in [3.8, 4) is 11.8 Å². The van der Waals surface area contributed by atoms with Crippen LogP contribution in [0.3, 0.4) is 0 Å². The van der Waals surface area contributed by atoms with Gasteiger partial charge in [-0.2, -0.15) is 5.10 Å². The van der Waals surface area contributed by atoms with Gasteiger partial charge in [0.25, 0.3) is 0 Å². The van der Waals surface area contributed by atoms with Crippen LogP contribution in [0.25, 0.3) is 0 Å². The number of hydrogen-bond acceptors (Lipinski definition) is 2. The zero-order valence-corrected chi connectivity index (χ0v) is 12.4. The maximum Gasteiger partial charge on any atom is 0.0767 e. The minimum Gasteiger partial charge on any atom is -0.310 e. The molecule has 1 aromatic heterocycles. The first-order valence-electron chi connectivity index (χ1n) is 6.08. The second kappa shape index (κ2) is 7.52. The average molecular weight is 298 g/mol. The van der Waals surface area contributed by atoms with E-state index in [-0.39, 0.29) is 0 Å². The third-order valence-corrected chi connectivity index (χ3v) is 3.51. The van der Waals surface area contributed by atoms with Crippen LogP contribution in [0.4, 0.5) is 0 Å². The van der Waals surface area contributed by atoms with Gasteiger partial charge in [-0.25, -0.2) is 0 Å². The molecule has 0 aliphatic heterocycles. The maximum absolute atomic E-state index is 4.56. The second-order valence-electron chi connectivity index (χ2n) is 3.73. The van der Waals surface area contributed by atoms with Gasteiger partial charge in [-0.05, 0) is 36.2 Å². The predicted molar refractivity (Wildman–Crippen MR) is 74.8 cm³/mol. The fraction of sp³-hybridized carbons (Fsp3) is 0.615. The van der Waals surface area contributed by atoms with Gasteiger partial charge in [0.15, 0.2) is 0 Å². The molecule has 0 saturated carbocycles. The molecule has 0 unspecified atom stereocenters. The number of hydrogen-bond donors (Lipinski definition) is 1. The summed E-state index contributed by atoms with van der Waals surface area (Å²) in [5.74, 6) is 5.94. The molecule has 0 amide bonds. The number of nitrogens with one attached hydrogen (secondary N) is 1. The normalized spacial score (nSPS) is 10.1. The molecule has 0 radical (unpaired) electrons. The monoisotopic (exact) mass is 297 g/mol. The van der Waals surface area contributed by atoms with Crippen LogP contribution in [0.2, 0.25) is 0 Å². The molecule has 0 bridgehead atoms. The van der Waals surface area contributed by atoms with Crippen LogP contribution < -0.4 is 5.32 Å². The minimum atomic E-state index is 0.840. The first kappa shape index (κ1) is 14.3. The molecule has 0 aliphatic rings. The Balaban J connectivity index is 2.61. The molecule has 17 heavy (non-hydrogen) atoms. The summed E-state index contributed by atoms with van der Waals surface area (Å²) in [6, 6.07) is 0. The molecule has 1 heterocycles. The Hall–Kier alpha value is -0.790. The summed E-state index contributed by atoms with van der Waals surface area (Å²) in [5, 5.41) is 7.96. The van der Waals surface area contributed by atoms with Crippen molar-refractivity contribution in [2.75, 3.05) is 6.54 Å². The summed E-state index contributed by atoms with van der Waals surface area (Å²) >= 11 is 3.63. The number of halogens is 1. The largest absolute Gasteiger partial charge is 0.310 e.